The molecule has 4 atom stereocenters. The molecule has 1 saturated carbocycles. The minimum Gasteiger partial charge on any atom is -0.387 e. The van der Waals surface area contributed by atoms with Crippen LogP contribution in [0.25, 0.3) is 11.2 Å². The van der Waals surface area contributed by atoms with Crippen LogP contribution in [0.1, 0.15) is 67.8 Å². The number of nitrogens with zero attached hydrogens (tertiary/aromatic N) is 8. The zero-order valence-corrected chi connectivity index (χ0v) is 25.6. The molecule has 14 heteroatoms. The van der Waals surface area contributed by atoms with Crippen LogP contribution in [0.4, 0.5) is 11.8 Å². The largest absolute Gasteiger partial charge is 0.387 e. The molecule has 46 heavy (non-hydrogen) atoms. The number of rotatable bonds is 10. The number of benzene rings is 2. The van der Waals surface area contributed by atoms with Gasteiger partial charge in [-0.15, -0.1) is 10.2 Å². The van der Waals surface area contributed by atoms with Crippen molar-refractivity contribution in [3.05, 3.63) is 83.9 Å². The third kappa shape index (κ3) is 6.03. The second-order valence-electron chi connectivity index (χ2n) is 12.0. The Morgan fingerprint density at radius 1 is 0.957 bits per heavy atom. The number of tetrazole rings is 1. The summed E-state index contributed by atoms with van der Waals surface area (Å²) in [5.41, 5.74) is 9.47. The Balaban J connectivity index is 1.23. The van der Waals surface area contributed by atoms with Gasteiger partial charge < -0.3 is 31.3 Å². The van der Waals surface area contributed by atoms with Crippen molar-refractivity contribution in [2.45, 2.75) is 81.7 Å². The van der Waals surface area contributed by atoms with E-state index in [-0.39, 0.29) is 23.8 Å². The van der Waals surface area contributed by atoms with Crippen molar-refractivity contribution in [1.29, 1.82) is 0 Å². The van der Waals surface area contributed by atoms with Gasteiger partial charge >= 0.3 is 0 Å². The fourth-order valence-electron chi connectivity index (χ4n) is 6.34. The van der Waals surface area contributed by atoms with E-state index in [1.807, 2.05) is 43.3 Å². The average Bonchev–Trinajstić information content (AvgIpc) is 3.81. The van der Waals surface area contributed by atoms with Gasteiger partial charge in [0.2, 0.25) is 11.8 Å². The molecule has 14 nitrogen and oxygen atoms in total. The van der Waals surface area contributed by atoms with Crippen molar-refractivity contribution < 1.29 is 14.9 Å². The van der Waals surface area contributed by atoms with Gasteiger partial charge in [-0.05, 0) is 48.9 Å². The number of nitrogens with two attached hydrogens (primary N) is 1. The molecule has 0 spiro atoms. The van der Waals surface area contributed by atoms with Crippen LogP contribution in [0, 0.1) is 0 Å². The molecule has 1 aliphatic heterocycles. The summed E-state index contributed by atoms with van der Waals surface area (Å²) in [5, 5.41) is 41.5. The Hall–Kier alpha value is -4.50. The van der Waals surface area contributed by atoms with Crippen molar-refractivity contribution in [2.24, 2.45) is 5.73 Å². The Labute approximate surface area is 266 Å². The van der Waals surface area contributed by atoms with E-state index in [0.717, 1.165) is 25.7 Å². The maximum Gasteiger partial charge on any atom is 0.227 e. The van der Waals surface area contributed by atoms with Crippen LogP contribution in [0.2, 0.25) is 0 Å². The normalized spacial score (nSPS) is 24.9. The lowest BCUT2D eigenvalue weighted by Gasteiger charge is -2.27. The molecule has 0 bridgehead atoms. The molecule has 6 N–H and O–H groups in total. The number of hydrogen-bond acceptors (Lipinski definition) is 12. The molecule has 3 aromatic heterocycles. The molecule has 7 rings (SSSR count). The van der Waals surface area contributed by atoms with Gasteiger partial charge in [0, 0.05) is 24.5 Å². The van der Waals surface area contributed by atoms with Crippen molar-refractivity contribution >= 4 is 22.9 Å². The first kappa shape index (κ1) is 30.2. The van der Waals surface area contributed by atoms with Gasteiger partial charge in [0.25, 0.3) is 0 Å². The van der Waals surface area contributed by atoms with E-state index in [1.165, 1.54) is 15.9 Å². The maximum absolute atomic E-state index is 11.1. The summed E-state index contributed by atoms with van der Waals surface area (Å²) in [6, 6.07) is 21.1. The van der Waals surface area contributed by atoms with Gasteiger partial charge in [0.1, 0.15) is 12.2 Å². The Kier molecular flexibility index (Phi) is 8.58. The number of anilines is 2. The van der Waals surface area contributed by atoms with E-state index < -0.39 is 24.5 Å². The van der Waals surface area contributed by atoms with Crippen LogP contribution in [0.15, 0.2) is 67.0 Å². The van der Waals surface area contributed by atoms with E-state index in [9.17, 15) is 10.2 Å². The highest BCUT2D eigenvalue weighted by Gasteiger charge is 2.47. The minimum absolute atomic E-state index is 0.0469. The third-order valence-corrected chi connectivity index (χ3v) is 8.92. The second-order valence-corrected chi connectivity index (χ2v) is 12.0. The number of aromatic nitrogens is 8. The molecule has 2 aromatic carbocycles. The van der Waals surface area contributed by atoms with Crippen molar-refractivity contribution in [1.82, 2.24) is 39.7 Å². The molecular weight excluding hydrogens is 586 g/mol. The van der Waals surface area contributed by atoms with E-state index in [0.29, 0.717) is 36.0 Å². The van der Waals surface area contributed by atoms with Gasteiger partial charge in [-0.25, -0.2) is 4.98 Å². The highest BCUT2D eigenvalue weighted by molar-refractivity contribution is 5.84. The van der Waals surface area contributed by atoms with E-state index in [1.54, 1.807) is 10.9 Å². The van der Waals surface area contributed by atoms with Crippen molar-refractivity contribution in [3.8, 4) is 0 Å². The molecule has 1 aliphatic carbocycles. The third-order valence-electron chi connectivity index (χ3n) is 8.92. The fraction of sp³-hybridized carbons (Fsp3) is 0.438. The average molecular weight is 626 g/mol. The number of imidazole rings is 1. The van der Waals surface area contributed by atoms with Gasteiger partial charge in [-0.2, -0.15) is 14.8 Å². The molecular formula is C32H39N11O3. The van der Waals surface area contributed by atoms with Gasteiger partial charge in [-0.1, -0.05) is 60.7 Å². The number of fused-ring (bicyclic) bond motifs is 1. The highest BCUT2D eigenvalue weighted by Crippen LogP contribution is 2.39. The molecule has 0 unspecified atom stereocenters. The first-order valence-corrected chi connectivity index (χ1v) is 15.9. The Bertz CT molecular complexity index is 1700. The summed E-state index contributed by atoms with van der Waals surface area (Å²) in [6.07, 6.45) is 0.697. The summed E-state index contributed by atoms with van der Waals surface area (Å²) >= 11 is 0. The summed E-state index contributed by atoms with van der Waals surface area (Å²) in [6.45, 7) is 2.94. The molecule has 2 aliphatic rings. The molecule has 0 amide bonds. The predicted octanol–water partition coefficient (Wildman–Crippen LogP) is 2.75. The van der Waals surface area contributed by atoms with Crippen LogP contribution in [0.5, 0.6) is 0 Å². The van der Waals surface area contributed by atoms with Gasteiger partial charge in [0.05, 0.1) is 12.9 Å². The van der Waals surface area contributed by atoms with Crippen LogP contribution < -0.4 is 16.4 Å². The lowest BCUT2D eigenvalue weighted by atomic mass is 9.91. The number of aliphatic hydroxyl groups is 2. The van der Waals surface area contributed by atoms with Crippen LogP contribution >= 0.6 is 0 Å². The first-order chi connectivity index (χ1) is 22.5. The second kappa shape index (κ2) is 13.1. The molecule has 0 radical (unpaired) electrons. The maximum atomic E-state index is 11.1. The number of hydrogen-bond donors (Lipinski definition) is 5. The molecule has 240 valence electrons. The Morgan fingerprint density at radius 3 is 2.30 bits per heavy atom. The topological polar surface area (TPSA) is 187 Å². The summed E-state index contributed by atoms with van der Waals surface area (Å²) < 4.78 is 7.80. The zero-order valence-electron chi connectivity index (χ0n) is 25.6. The smallest absolute Gasteiger partial charge is 0.227 e. The number of aliphatic hydroxyl groups excluding tert-OH is 2. The molecule has 1 saturated heterocycles. The van der Waals surface area contributed by atoms with Gasteiger partial charge in [0.15, 0.2) is 29.3 Å². The standard InChI is InChI=1S/C32H39N11O3/c1-2-43-40-29(39-41-43)27-25(44)26(45)31(46-27)42-18-35-24-28(37-32(38-30(24)42)36-22-15-13-21(33)14-16-22)34-17-23(19-9-5-3-6-10-19)20-11-7-4-8-12-20/h3-12,18,21-23,25-27,31,44-45H,2,13-17,33H2,1H3,(H2,34,36,37,38)/t21?,22?,25-,26+,27-,31+/m0/s1. The van der Waals surface area contributed by atoms with Crippen LogP contribution in [0.3, 0.4) is 0 Å². The summed E-state index contributed by atoms with van der Waals surface area (Å²) in [4.78, 5) is 15.8. The SMILES string of the molecule is CCn1nnc([C@H]2O[C@@H](n3cnc4c(NCC(c5ccccc5)c5ccccc5)nc(NC5CCC(N)CC5)nc43)[C@H](O)[C@@H]2O)n1. The van der Waals surface area contributed by atoms with Gasteiger partial charge in [-0.3, -0.25) is 4.57 Å². The number of nitrogens with one attached hydrogen (secondary N) is 2. The molecule has 4 heterocycles. The Morgan fingerprint density at radius 2 is 1.65 bits per heavy atom. The van der Waals surface area contributed by atoms with E-state index in [4.69, 9.17) is 20.4 Å². The quantitative estimate of drug-likeness (QED) is 0.153. The highest BCUT2D eigenvalue weighted by atomic mass is 16.6. The fourth-order valence-corrected chi connectivity index (χ4v) is 6.34. The minimum atomic E-state index is -1.29. The summed E-state index contributed by atoms with van der Waals surface area (Å²) in [5.74, 6) is 1.23. The van der Waals surface area contributed by atoms with Crippen molar-refractivity contribution in [3.63, 3.8) is 0 Å². The predicted molar refractivity (Wildman–Crippen MR) is 171 cm³/mol. The van der Waals surface area contributed by atoms with Crippen LogP contribution in [-0.2, 0) is 11.3 Å². The number of ether oxygens (including phenoxy) is 1. The first-order valence-electron chi connectivity index (χ1n) is 15.9. The number of aryl methyl sites for hydroxylation is 1. The lowest BCUT2D eigenvalue weighted by Crippen LogP contribution is -2.33. The van der Waals surface area contributed by atoms with E-state index >= 15 is 0 Å². The molecule has 2 fully saturated rings. The van der Waals surface area contributed by atoms with Crippen LogP contribution in [-0.4, -0.2) is 80.8 Å². The monoisotopic (exact) mass is 625 g/mol. The van der Waals surface area contributed by atoms with E-state index in [2.05, 4.69) is 55.3 Å². The molecule has 5 aromatic rings. The van der Waals surface area contributed by atoms with Crippen molar-refractivity contribution in [2.75, 3.05) is 17.2 Å². The lowest BCUT2D eigenvalue weighted by molar-refractivity contribution is -0.0384. The summed E-state index contributed by atoms with van der Waals surface area (Å²) in [7, 11) is 0. The zero-order chi connectivity index (χ0) is 31.6.